The molecule has 164 valence electrons. The first-order valence-electron chi connectivity index (χ1n) is 9.37. The smallest absolute Gasteiger partial charge is 0.257 e. The Kier molecular flexibility index (Phi) is 5.88. The first kappa shape index (κ1) is 21.8. The van der Waals surface area contributed by atoms with Crippen molar-refractivity contribution in [3.63, 3.8) is 0 Å². The van der Waals surface area contributed by atoms with Crippen molar-refractivity contribution < 1.29 is 14.6 Å². The molecular formula is C21H18Cl2N6O3. The Bertz CT molecular complexity index is 1340. The van der Waals surface area contributed by atoms with Crippen LogP contribution >= 0.6 is 23.2 Å². The molecule has 4 aromatic rings. The van der Waals surface area contributed by atoms with E-state index < -0.39 is 12.0 Å². The lowest BCUT2D eigenvalue weighted by Crippen LogP contribution is -2.21. The molecule has 0 fully saturated rings. The number of anilines is 2. The number of amides is 1. The van der Waals surface area contributed by atoms with Gasteiger partial charge in [0.25, 0.3) is 5.91 Å². The number of ether oxygens (including phenoxy) is 1. The minimum absolute atomic E-state index is 0.268. The summed E-state index contributed by atoms with van der Waals surface area (Å²) in [4.78, 5) is 20.8. The number of fused-ring (bicyclic) bond motifs is 1. The van der Waals surface area contributed by atoms with Gasteiger partial charge in [0, 0.05) is 10.7 Å². The van der Waals surface area contributed by atoms with Gasteiger partial charge in [0.15, 0.2) is 11.9 Å². The van der Waals surface area contributed by atoms with Gasteiger partial charge >= 0.3 is 0 Å². The van der Waals surface area contributed by atoms with Crippen LogP contribution in [-0.4, -0.2) is 37.9 Å². The van der Waals surface area contributed by atoms with Crippen molar-refractivity contribution in [1.29, 1.82) is 0 Å². The number of hydrogen-bond acceptors (Lipinski definition) is 7. The van der Waals surface area contributed by atoms with E-state index in [1.165, 1.54) is 25.6 Å². The normalized spacial score (nSPS) is 12.0. The Hall–Kier alpha value is -3.40. The minimum Gasteiger partial charge on any atom is -0.497 e. The van der Waals surface area contributed by atoms with Gasteiger partial charge in [-0.2, -0.15) is 5.10 Å². The molecule has 0 aliphatic heterocycles. The summed E-state index contributed by atoms with van der Waals surface area (Å²) in [6, 6.07) is 9.44. The molecule has 32 heavy (non-hydrogen) atoms. The molecule has 1 amide bonds. The average Bonchev–Trinajstić information content (AvgIpc) is 3.10. The summed E-state index contributed by atoms with van der Waals surface area (Å²) >= 11 is 12.5. The Labute approximate surface area is 192 Å². The molecule has 4 rings (SSSR count). The second-order valence-corrected chi connectivity index (χ2v) is 7.78. The maximum absolute atomic E-state index is 12.6. The van der Waals surface area contributed by atoms with Gasteiger partial charge in [-0.05, 0) is 48.9 Å². The van der Waals surface area contributed by atoms with Crippen LogP contribution in [0.15, 0.2) is 42.7 Å². The predicted molar refractivity (Wildman–Crippen MR) is 122 cm³/mol. The van der Waals surface area contributed by atoms with Gasteiger partial charge < -0.3 is 20.9 Å². The molecule has 2 aromatic heterocycles. The first-order valence-corrected chi connectivity index (χ1v) is 10.1. The molecular weight excluding hydrogens is 455 g/mol. The highest BCUT2D eigenvalue weighted by molar-refractivity contribution is 6.33. The summed E-state index contributed by atoms with van der Waals surface area (Å²) in [6.45, 7) is 1.81. The molecule has 2 heterocycles. The third-order valence-electron chi connectivity index (χ3n) is 4.79. The van der Waals surface area contributed by atoms with E-state index in [0.717, 1.165) is 0 Å². The van der Waals surface area contributed by atoms with Gasteiger partial charge in [-0.15, -0.1) is 0 Å². The van der Waals surface area contributed by atoms with Crippen LogP contribution in [0.25, 0.3) is 16.7 Å². The van der Waals surface area contributed by atoms with E-state index in [-0.39, 0.29) is 5.82 Å². The van der Waals surface area contributed by atoms with E-state index in [1.54, 1.807) is 35.9 Å². The van der Waals surface area contributed by atoms with Crippen molar-refractivity contribution >= 4 is 51.6 Å². The van der Waals surface area contributed by atoms with Gasteiger partial charge in [-0.25, -0.2) is 14.6 Å². The van der Waals surface area contributed by atoms with Crippen molar-refractivity contribution in [1.82, 2.24) is 19.7 Å². The Morgan fingerprint density at radius 1 is 1.22 bits per heavy atom. The first-order chi connectivity index (χ1) is 15.3. The van der Waals surface area contributed by atoms with Crippen LogP contribution < -0.4 is 15.8 Å². The van der Waals surface area contributed by atoms with Gasteiger partial charge in [-0.1, -0.05) is 23.2 Å². The number of halogens is 2. The molecule has 0 bridgehead atoms. The van der Waals surface area contributed by atoms with Crippen molar-refractivity contribution in [2.45, 2.75) is 13.0 Å². The van der Waals surface area contributed by atoms with Crippen LogP contribution in [0.3, 0.4) is 0 Å². The van der Waals surface area contributed by atoms with Gasteiger partial charge in [0.05, 0.1) is 23.5 Å². The summed E-state index contributed by atoms with van der Waals surface area (Å²) in [5.74, 6) is 0.0389. The zero-order chi connectivity index (χ0) is 23.0. The number of benzene rings is 2. The third kappa shape index (κ3) is 4.05. The molecule has 0 aliphatic carbocycles. The molecule has 1 atom stereocenters. The molecule has 0 saturated carbocycles. The number of methoxy groups -OCH3 is 1. The summed E-state index contributed by atoms with van der Waals surface area (Å²) < 4.78 is 6.68. The molecule has 4 N–H and O–H groups in total. The van der Waals surface area contributed by atoms with E-state index in [1.807, 2.05) is 0 Å². The van der Waals surface area contributed by atoms with E-state index >= 15 is 0 Å². The molecule has 0 aliphatic rings. The number of nitrogens with one attached hydrogen (secondary N) is 1. The zero-order valence-electron chi connectivity index (χ0n) is 17.0. The number of aliphatic hydroxyl groups is 1. The second kappa shape index (κ2) is 8.62. The topological polar surface area (TPSA) is 128 Å². The summed E-state index contributed by atoms with van der Waals surface area (Å²) in [5.41, 5.74) is 9.05. The molecule has 0 saturated heterocycles. The van der Waals surface area contributed by atoms with E-state index in [4.69, 9.17) is 33.7 Å². The van der Waals surface area contributed by atoms with Crippen molar-refractivity contribution in [3.8, 4) is 11.4 Å². The lowest BCUT2D eigenvalue weighted by molar-refractivity contribution is -0.124. The largest absolute Gasteiger partial charge is 0.497 e. The number of nitrogen functional groups attached to an aromatic ring is 1. The fourth-order valence-electron chi connectivity index (χ4n) is 3.27. The van der Waals surface area contributed by atoms with Crippen molar-refractivity contribution in [3.05, 3.63) is 64.0 Å². The van der Waals surface area contributed by atoms with Crippen molar-refractivity contribution in [2.75, 3.05) is 18.2 Å². The summed E-state index contributed by atoms with van der Waals surface area (Å²) in [5, 5.41) is 18.2. The number of carbonyl (C=O) groups excluding carboxylic acids is 1. The number of aromatic nitrogens is 4. The fourth-order valence-corrected chi connectivity index (χ4v) is 3.76. The molecule has 11 heteroatoms. The molecule has 9 nitrogen and oxygen atoms in total. The van der Waals surface area contributed by atoms with Crippen LogP contribution in [-0.2, 0) is 4.79 Å². The summed E-state index contributed by atoms with van der Waals surface area (Å²) in [7, 11) is 1.47. The number of aryl methyl sites for hydroxylation is 1. The minimum atomic E-state index is -1.46. The maximum Gasteiger partial charge on any atom is 0.257 e. The SMILES string of the molecule is COc1cc(Cl)cc(C(O)C(=O)Nc2ccc(-n3nc(C)c4ncnc(N)c43)c(Cl)c2)c1. The Morgan fingerprint density at radius 3 is 2.72 bits per heavy atom. The Morgan fingerprint density at radius 2 is 2.00 bits per heavy atom. The van der Waals surface area contributed by atoms with Crippen LogP contribution in [0.4, 0.5) is 11.5 Å². The second-order valence-electron chi connectivity index (χ2n) is 6.94. The molecule has 0 spiro atoms. The summed E-state index contributed by atoms with van der Waals surface area (Å²) in [6.07, 6.45) is -0.0896. The highest BCUT2D eigenvalue weighted by Crippen LogP contribution is 2.30. The average molecular weight is 473 g/mol. The zero-order valence-corrected chi connectivity index (χ0v) is 18.5. The predicted octanol–water partition coefficient (Wildman–Crippen LogP) is 3.69. The number of carbonyl (C=O) groups is 1. The highest BCUT2D eigenvalue weighted by atomic mass is 35.5. The van der Waals surface area contributed by atoms with E-state index in [0.29, 0.717) is 49.5 Å². The molecule has 0 radical (unpaired) electrons. The van der Waals surface area contributed by atoms with Crippen LogP contribution in [0.5, 0.6) is 5.75 Å². The van der Waals surface area contributed by atoms with Gasteiger partial charge in [0.1, 0.15) is 23.1 Å². The highest BCUT2D eigenvalue weighted by Gasteiger charge is 2.20. The maximum atomic E-state index is 12.6. The number of hydrogen-bond donors (Lipinski definition) is 3. The lowest BCUT2D eigenvalue weighted by Gasteiger charge is -2.14. The third-order valence-corrected chi connectivity index (χ3v) is 5.31. The van der Waals surface area contributed by atoms with Crippen LogP contribution in [0.1, 0.15) is 17.4 Å². The number of aliphatic hydroxyl groups excluding tert-OH is 1. The number of nitrogens with zero attached hydrogens (tertiary/aromatic N) is 4. The number of nitrogens with two attached hydrogens (primary N) is 1. The van der Waals surface area contributed by atoms with Crippen LogP contribution in [0.2, 0.25) is 10.0 Å². The molecule has 1 unspecified atom stereocenters. The standard InChI is InChI=1S/C21H18Cl2N6O3/c1-10-17-18(20(24)26-9-25-17)29(28-10)16-4-3-13(8-15(16)23)27-21(31)19(30)11-5-12(22)7-14(6-11)32-2/h3-9,19,30H,1-2H3,(H,27,31)(H2,24,25,26). The van der Waals surface area contributed by atoms with E-state index in [9.17, 15) is 9.90 Å². The fraction of sp³-hybridized carbons (Fsp3) is 0.143. The van der Waals surface area contributed by atoms with Crippen molar-refractivity contribution in [2.24, 2.45) is 0 Å². The van der Waals surface area contributed by atoms with Crippen LogP contribution in [0, 0.1) is 6.92 Å². The Balaban J connectivity index is 1.61. The molecule has 2 aromatic carbocycles. The van der Waals surface area contributed by atoms with E-state index in [2.05, 4.69) is 20.4 Å². The lowest BCUT2D eigenvalue weighted by atomic mass is 10.1. The number of rotatable bonds is 5. The monoisotopic (exact) mass is 472 g/mol. The van der Waals surface area contributed by atoms with Gasteiger partial charge in [-0.3, -0.25) is 4.79 Å². The van der Waals surface area contributed by atoms with Gasteiger partial charge in [0.2, 0.25) is 0 Å². The quantitative estimate of drug-likeness (QED) is 0.403.